The highest BCUT2D eigenvalue weighted by atomic mass is 35.5. The second kappa shape index (κ2) is 6.54. The maximum absolute atomic E-state index is 12.9. The number of carbonyl (C=O) groups excluding carboxylic acids is 1. The van der Waals surface area contributed by atoms with Gasteiger partial charge in [-0.25, -0.2) is 8.78 Å². The van der Waals surface area contributed by atoms with E-state index in [0.29, 0.717) is 11.4 Å². The molecule has 0 aromatic heterocycles. The molecule has 2 rings (SSSR count). The molecule has 0 spiro atoms. The zero-order valence-electron chi connectivity index (χ0n) is 11.2. The molecule has 2 aromatic rings. The Kier molecular flexibility index (Phi) is 4.75. The summed E-state index contributed by atoms with van der Waals surface area (Å²) in [6.07, 6.45) is 0. The van der Waals surface area contributed by atoms with Crippen molar-refractivity contribution in [2.45, 2.75) is 13.0 Å². The van der Waals surface area contributed by atoms with Crippen LogP contribution in [0, 0.1) is 11.6 Å². The minimum atomic E-state index is -0.573. The number of hydrogen-bond donors (Lipinski definition) is 2. The van der Waals surface area contributed by atoms with Crippen molar-refractivity contribution in [2.75, 3.05) is 10.6 Å². The van der Waals surface area contributed by atoms with Crippen molar-refractivity contribution in [1.29, 1.82) is 0 Å². The first-order valence-corrected chi connectivity index (χ1v) is 6.61. The summed E-state index contributed by atoms with van der Waals surface area (Å²) < 4.78 is 25.7. The summed E-state index contributed by atoms with van der Waals surface area (Å²) in [5.41, 5.74) is 0.945. The summed E-state index contributed by atoms with van der Waals surface area (Å²) in [7, 11) is 0. The second-order valence-electron chi connectivity index (χ2n) is 4.49. The van der Waals surface area contributed by atoms with E-state index >= 15 is 0 Å². The molecule has 0 aliphatic heterocycles. The summed E-state index contributed by atoms with van der Waals surface area (Å²) in [4.78, 5) is 12.0. The molecule has 0 aliphatic rings. The first-order chi connectivity index (χ1) is 9.95. The lowest BCUT2D eigenvalue weighted by molar-refractivity contribution is -0.116. The van der Waals surface area contributed by atoms with Crippen LogP contribution < -0.4 is 10.6 Å². The summed E-state index contributed by atoms with van der Waals surface area (Å²) in [5, 5.41) is 5.64. The highest BCUT2D eigenvalue weighted by Gasteiger charge is 2.14. The molecule has 1 amide bonds. The number of benzene rings is 2. The number of amides is 1. The van der Waals surface area contributed by atoms with Crippen molar-refractivity contribution in [3.63, 3.8) is 0 Å². The molecule has 2 aromatic carbocycles. The first-order valence-electron chi connectivity index (χ1n) is 6.24. The van der Waals surface area contributed by atoms with Gasteiger partial charge in [0.25, 0.3) is 0 Å². The summed E-state index contributed by atoms with van der Waals surface area (Å²) in [5.74, 6) is -1.17. The third-order valence-corrected chi connectivity index (χ3v) is 3.12. The molecule has 0 aliphatic carbocycles. The van der Waals surface area contributed by atoms with Crippen molar-refractivity contribution in [3.05, 3.63) is 59.1 Å². The molecule has 1 unspecified atom stereocenters. The Morgan fingerprint density at radius 3 is 2.33 bits per heavy atom. The van der Waals surface area contributed by atoms with Gasteiger partial charge >= 0.3 is 0 Å². The molecule has 21 heavy (non-hydrogen) atoms. The molecular formula is C15H13ClF2N2O. The predicted octanol–water partition coefficient (Wildman–Crippen LogP) is 4.06. The molecule has 110 valence electrons. The van der Waals surface area contributed by atoms with Crippen LogP contribution in [0.5, 0.6) is 0 Å². The summed E-state index contributed by atoms with van der Waals surface area (Å²) in [6.45, 7) is 1.65. The molecule has 1 atom stereocenters. The van der Waals surface area contributed by atoms with Gasteiger partial charge in [-0.2, -0.15) is 0 Å². The fourth-order valence-corrected chi connectivity index (χ4v) is 1.91. The standard InChI is InChI=1S/C15H13ClF2N2O/c1-9(19-12-5-2-10(17)3-6-12)15(21)20-14-7-4-11(18)8-13(14)16/h2-9,19H,1H3,(H,20,21). The molecule has 0 heterocycles. The zero-order chi connectivity index (χ0) is 15.4. The molecule has 2 N–H and O–H groups in total. The van der Waals surface area contributed by atoms with Gasteiger partial charge < -0.3 is 10.6 Å². The van der Waals surface area contributed by atoms with Crippen molar-refractivity contribution >= 4 is 28.9 Å². The van der Waals surface area contributed by atoms with Crippen LogP contribution in [0.25, 0.3) is 0 Å². The van der Waals surface area contributed by atoms with E-state index in [1.54, 1.807) is 6.92 Å². The maximum Gasteiger partial charge on any atom is 0.246 e. The van der Waals surface area contributed by atoms with E-state index in [4.69, 9.17) is 11.6 Å². The number of hydrogen-bond acceptors (Lipinski definition) is 2. The molecule has 0 saturated carbocycles. The Morgan fingerprint density at radius 1 is 1.10 bits per heavy atom. The van der Waals surface area contributed by atoms with E-state index < -0.39 is 11.9 Å². The monoisotopic (exact) mass is 310 g/mol. The minimum Gasteiger partial charge on any atom is -0.374 e. The Hall–Kier alpha value is -2.14. The number of anilines is 2. The van der Waals surface area contributed by atoms with Crippen molar-refractivity contribution in [1.82, 2.24) is 0 Å². The Balaban J connectivity index is 2.00. The quantitative estimate of drug-likeness (QED) is 0.894. The Morgan fingerprint density at radius 2 is 1.71 bits per heavy atom. The van der Waals surface area contributed by atoms with Crippen LogP contribution >= 0.6 is 11.6 Å². The van der Waals surface area contributed by atoms with E-state index in [0.717, 1.165) is 6.07 Å². The van der Waals surface area contributed by atoms with Gasteiger partial charge in [0.1, 0.15) is 17.7 Å². The van der Waals surface area contributed by atoms with Gasteiger partial charge in [0.15, 0.2) is 0 Å². The number of carbonyl (C=O) groups is 1. The number of nitrogens with one attached hydrogen (secondary N) is 2. The van der Waals surface area contributed by atoms with Gasteiger partial charge in [0.05, 0.1) is 10.7 Å². The fourth-order valence-electron chi connectivity index (χ4n) is 1.69. The number of halogens is 3. The minimum absolute atomic E-state index is 0.123. The van der Waals surface area contributed by atoms with Gasteiger partial charge in [-0.3, -0.25) is 4.79 Å². The molecular weight excluding hydrogens is 298 g/mol. The smallest absolute Gasteiger partial charge is 0.246 e. The fraction of sp³-hybridized carbons (Fsp3) is 0.133. The molecule has 6 heteroatoms. The predicted molar refractivity (Wildman–Crippen MR) is 79.5 cm³/mol. The normalized spacial score (nSPS) is 11.8. The van der Waals surface area contributed by atoms with E-state index in [9.17, 15) is 13.6 Å². The van der Waals surface area contributed by atoms with Crippen LogP contribution in [0.1, 0.15) is 6.92 Å². The van der Waals surface area contributed by atoms with Crippen molar-refractivity contribution in [3.8, 4) is 0 Å². The molecule has 0 saturated heterocycles. The first kappa shape index (κ1) is 15.3. The lowest BCUT2D eigenvalue weighted by atomic mass is 10.2. The van der Waals surface area contributed by atoms with Crippen LogP contribution in [-0.4, -0.2) is 11.9 Å². The van der Waals surface area contributed by atoms with Crippen molar-refractivity contribution in [2.24, 2.45) is 0 Å². The lowest BCUT2D eigenvalue weighted by Gasteiger charge is -2.16. The molecule has 3 nitrogen and oxygen atoms in total. The van der Waals surface area contributed by atoms with Crippen molar-refractivity contribution < 1.29 is 13.6 Å². The molecule has 0 bridgehead atoms. The Labute approximate surface area is 125 Å². The van der Waals surface area contributed by atoms with Gasteiger partial charge in [0, 0.05) is 5.69 Å². The molecule has 0 fully saturated rings. The summed E-state index contributed by atoms with van der Waals surface area (Å²) >= 11 is 5.84. The van der Waals surface area contributed by atoms with Gasteiger partial charge in [-0.1, -0.05) is 11.6 Å². The largest absolute Gasteiger partial charge is 0.374 e. The van der Waals surface area contributed by atoms with Crippen LogP contribution in [0.15, 0.2) is 42.5 Å². The second-order valence-corrected chi connectivity index (χ2v) is 4.89. The van der Waals surface area contributed by atoms with Crippen LogP contribution in [0.3, 0.4) is 0 Å². The highest BCUT2D eigenvalue weighted by Crippen LogP contribution is 2.22. The van der Waals surface area contributed by atoms with Crippen LogP contribution in [0.4, 0.5) is 20.2 Å². The number of rotatable bonds is 4. The molecule has 0 radical (unpaired) electrons. The van der Waals surface area contributed by atoms with Crippen LogP contribution in [0.2, 0.25) is 5.02 Å². The Bertz CT molecular complexity index is 647. The summed E-state index contributed by atoms with van der Waals surface area (Å²) in [6, 6.07) is 8.80. The maximum atomic E-state index is 12.9. The average Bonchev–Trinajstić information content (AvgIpc) is 2.44. The zero-order valence-corrected chi connectivity index (χ0v) is 11.9. The lowest BCUT2D eigenvalue weighted by Crippen LogP contribution is -2.31. The average molecular weight is 311 g/mol. The third-order valence-electron chi connectivity index (χ3n) is 2.81. The van der Waals surface area contributed by atoms with E-state index in [2.05, 4.69) is 10.6 Å². The van der Waals surface area contributed by atoms with E-state index in [1.807, 2.05) is 0 Å². The topological polar surface area (TPSA) is 41.1 Å². The van der Waals surface area contributed by atoms with E-state index in [-0.39, 0.29) is 16.7 Å². The van der Waals surface area contributed by atoms with Crippen LogP contribution in [-0.2, 0) is 4.79 Å². The van der Waals surface area contributed by atoms with Gasteiger partial charge in [0.2, 0.25) is 5.91 Å². The third kappa shape index (κ3) is 4.16. The van der Waals surface area contributed by atoms with Gasteiger partial charge in [-0.05, 0) is 49.4 Å². The van der Waals surface area contributed by atoms with E-state index in [1.165, 1.54) is 36.4 Å². The highest BCUT2D eigenvalue weighted by molar-refractivity contribution is 6.33. The van der Waals surface area contributed by atoms with Gasteiger partial charge in [-0.15, -0.1) is 0 Å². The SMILES string of the molecule is CC(Nc1ccc(F)cc1)C(=O)Nc1ccc(F)cc1Cl.